The van der Waals surface area contributed by atoms with E-state index in [1.807, 2.05) is 20.8 Å². The van der Waals surface area contributed by atoms with E-state index in [9.17, 15) is 9.90 Å². The number of ether oxygens (including phenoxy) is 1. The van der Waals surface area contributed by atoms with E-state index in [-0.39, 0.29) is 19.1 Å². The van der Waals surface area contributed by atoms with Gasteiger partial charge < -0.3 is 15.2 Å². The second kappa shape index (κ2) is 8.25. The number of carbonyl (C=O) groups is 1. The zero-order valence-corrected chi connectivity index (χ0v) is 12.9. The highest BCUT2D eigenvalue weighted by atomic mass is 35.5. The molecule has 0 aliphatic carbocycles. The summed E-state index contributed by atoms with van der Waals surface area (Å²) in [5.74, 6) is 0.204. The summed E-state index contributed by atoms with van der Waals surface area (Å²) in [6.07, 6.45) is -0.703. The van der Waals surface area contributed by atoms with Gasteiger partial charge in [-0.1, -0.05) is 25.4 Å². The number of carbonyl (C=O) groups excluding carboxylic acids is 1. The summed E-state index contributed by atoms with van der Waals surface area (Å²) in [5, 5.41) is 13.0. The summed E-state index contributed by atoms with van der Waals surface area (Å²) >= 11 is 5.84. The molecule has 20 heavy (non-hydrogen) atoms. The van der Waals surface area contributed by atoms with Crippen molar-refractivity contribution in [1.29, 1.82) is 0 Å². The first kappa shape index (κ1) is 17.0. The van der Waals surface area contributed by atoms with Gasteiger partial charge in [0.05, 0.1) is 12.7 Å². The number of aliphatic hydroxyl groups is 1. The van der Waals surface area contributed by atoms with Crippen LogP contribution in [0.15, 0.2) is 18.2 Å². The van der Waals surface area contributed by atoms with E-state index in [0.717, 1.165) is 5.56 Å². The van der Waals surface area contributed by atoms with E-state index >= 15 is 0 Å². The number of nitrogens with one attached hydrogen (secondary N) is 1. The van der Waals surface area contributed by atoms with Crippen LogP contribution in [0.3, 0.4) is 0 Å². The minimum atomic E-state index is -0.703. The Morgan fingerprint density at radius 1 is 1.40 bits per heavy atom. The standard InChI is InChI=1S/C15H22ClNO3/c1-10(2)8-20-9-13(18)7-17-15(19)14-5-4-12(16)6-11(14)3/h4-6,10,13,18H,7-9H2,1-3H3,(H,17,19). The molecule has 0 aliphatic heterocycles. The van der Waals surface area contributed by atoms with Crippen molar-refractivity contribution in [3.05, 3.63) is 34.3 Å². The predicted molar refractivity (Wildman–Crippen MR) is 80.2 cm³/mol. The number of aliphatic hydroxyl groups excluding tert-OH is 1. The van der Waals surface area contributed by atoms with E-state index in [4.69, 9.17) is 16.3 Å². The average molecular weight is 300 g/mol. The van der Waals surface area contributed by atoms with Crippen molar-refractivity contribution < 1.29 is 14.6 Å². The third-order valence-corrected chi connectivity index (χ3v) is 2.93. The molecule has 0 spiro atoms. The van der Waals surface area contributed by atoms with Gasteiger partial charge in [0.25, 0.3) is 5.91 Å². The van der Waals surface area contributed by atoms with Crippen molar-refractivity contribution in [2.75, 3.05) is 19.8 Å². The van der Waals surface area contributed by atoms with Crippen LogP contribution in [-0.4, -0.2) is 36.9 Å². The summed E-state index contributed by atoms with van der Waals surface area (Å²) in [7, 11) is 0. The van der Waals surface area contributed by atoms with Gasteiger partial charge in [-0.25, -0.2) is 0 Å². The highest BCUT2D eigenvalue weighted by Crippen LogP contribution is 2.14. The van der Waals surface area contributed by atoms with Gasteiger partial charge in [0.1, 0.15) is 0 Å². The van der Waals surface area contributed by atoms with Crippen LogP contribution in [-0.2, 0) is 4.74 Å². The molecular formula is C15H22ClNO3. The normalized spacial score (nSPS) is 12.5. The molecule has 0 radical (unpaired) electrons. The first-order valence-corrected chi connectivity index (χ1v) is 7.08. The van der Waals surface area contributed by atoms with Gasteiger partial charge in [-0.15, -0.1) is 0 Å². The lowest BCUT2D eigenvalue weighted by atomic mass is 10.1. The zero-order chi connectivity index (χ0) is 15.1. The van der Waals surface area contributed by atoms with Gasteiger partial charge >= 0.3 is 0 Å². The Hall–Kier alpha value is -1.10. The van der Waals surface area contributed by atoms with E-state index in [0.29, 0.717) is 23.1 Å². The molecule has 0 aliphatic rings. The maximum atomic E-state index is 12.0. The fraction of sp³-hybridized carbons (Fsp3) is 0.533. The summed E-state index contributed by atoms with van der Waals surface area (Å²) in [6.45, 7) is 6.89. The Balaban J connectivity index is 2.39. The van der Waals surface area contributed by atoms with Crippen molar-refractivity contribution >= 4 is 17.5 Å². The molecule has 1 amide bonds. The molecule has 0 fully saturated rings. The Morgan fingerprint density at radius 2 is 2.10 bits per heavy atom. The molecule has 1 aromatic carbocycles. The summed E-state index contributed by atoms with van der Waals surface area (Å²) in [6, 6.07) is 5.08. The maximum Gasteiger partial charge on any atom is 0.251 e. The maximum absolute atomic E-state index is 12.0. The molecule has 0 bridgehead atoms. The largest absolute Gasteiger partial charge is 0.389 e. The topological polar surface area (TPSA) is 58.6 Å². The molecule has 0 aromatic heterocycles. The molecule has 4 nitrogen and oxygen atoms in total. The zero-order valence-electron chi connectivity index (χ0n) is 12.1. The number of benzene rings is 1. The van der Waals surface area contributed by atoms with Gasteiger partial charge in [-0.05, 0) is 36.6 Å². The summed E-state index contributed by atoms with van der Waals surface area (Å²) < 4.78 is 5.32. The van der Waals surface area contributed by atoms with Crippen LogP contribution in [0, 0.1) is 12.8 Å². The highest BCUT2D eigenvalue weighted by molar-refractivity contribution is 6.30. The van der Waals surface area contributed by atoms with Crippen molar-refractivity contribution in [2.45, 2.75) is 26.9 Å². The highest BCUT2D eigenvalue weighted by Gasteiger charge is 2.11. The Morgan fingerprint density at radius 3 is 2.70 bits per heavy atom. The van der Waals surface area contributed by atoms with Crippen molar-refractivity contribution in [2.24, 2.45) is 5.92 Å². The van der Waals surface area contributed by atoms with E-state index in [1.165, 1.54) is 0 Å². The van der Waals surface area contributed by atoms with Crippen LogP contribution in [0.2, 0.25) is 5.02 Å². The Bertz CT molecular complexity index is 449. The fourth-order valence-corrected chi connectivity index (χ4v) is 1.91. The Labute approximate surface area is 125 Å². The lowest BCUT2D eigenvalue weighted by Crippen LogP contribution is -2.35. The second-order valence-electron chi connectivity index (χ2n) is 5.25. The van der Waals surface area contributed by atoms with Gasteiger partial charge in [0, 0.05) is 23.7 Å². The van der Waals surface area contributed by atoms with Crippen LogP contribution in [0.1, 0.15) is 29.8 Å². The predicted octanol–water partition coefficient (Wildman–Crippen LogP) is 2.41. The summed E-state index contributed by atoms with van der Waals surface area (Å²) in [4.78, 5) is 12.0. The average Bonchev–Trinajstić information content (AvgIpc) is 2.35. The lowest BCUT2D eigenvalue weighted by molar-refractivity contribution is 0.0259. The molecule has 0 saturated carbocycles. The molecule has 1 aromatic rings. The minimum absolute atomic E-state index is 0.166. The molecule has 2 N–H and O–H groups in total. The number of amides is 1. The van der Waals surface area contributed by atoms with Gasteiger partial charge in [-0.3, -0.25) is 4.79 Å². The Kier molecular flexibility index (Phi) is 6.99. The molecule has 0 saturated heterocycles. The quantitative estimate of drug-likeness (QED) is 0.813. The van der Waals surface area contributed by atoms with Gasteiger partial charge in [0.15, 0.2) is 0 Å². The molecule has 0 heterocycles. The van der Waals surface area contributed by atoms with E-state index in [2.05, 4.69) is 5.32 Å². The van der Waals surface area contributed by atoms with Crippen LogP contribution in [0.5, 0.6) is 0 Å². The minimum Gasteiger partial charge on any atom is -0.389 e. The lowest BCUT2D eigenvalue weighted by Gasteiger charge is -2.14. The molecule has 1 rings (SSSR count). The van der Waals surface area contributed by atoms with Gasteiger partial charge in [0.2, 0.25) is 0 Å². The molecule has 112 valence electrons. The fourth-order valence-electron chi connectivity index (χ4n) is 1.69. The summed E-state index contributed by atoms with van der Waals surface area (Å²) in [5.41, 5.74) is 1.37. The van der Waals surface area contributed by atoms with Crippen molar-refractivity contribution in [3.63, 3.8) is 0 Å². The van der Waals surface area contributed by atoms with Crippen LogP contribution >= 0.6 is 11.6 Å². The molecular weight excluding hydrogens is 278 g/mol. The third kappa shape index (κ3) is 5.90. The van der Waals surface area contributed by atoms with Crippen molar-refractivity contribution in [1.82, 2.24) is 5.32 Å². The first-order valence-electron chi connectivity index (χ1n) is 6.70. The number of rotatable bonds is 7. The van der Waals surface area contributed by atoms with Gasteiger partial charge in [-0.2, -0.15) is 0 Å². The number of hydrogen-bond donors (Lipinski definition) is 2. The monoisotopic (exact) mass is 299 g/mol. The SMILES string of the molecule is Cc1cc(Cl)ccc1C(=O)NCC(O)COCC(C)C. The van der Waals surface area contributed by atoms with E-state index in [1.54, 1.807) is 18.2 Å². The number of aryl methyl sites for hydroxylation is 1. The smallest absolute Gasteiger partial charge is 0.251 e. The molecule has 1 atom stereocenters. The number of halogens is 1. The van der Waals surface area contributed by atoms with Crippen LogP contribution in [0.25, 0.3) is 0 Å². The first-order chi connectivity index (χ1) is 9.40. The van der Waals surface area contributed by atoms with Crippen LogP contribution < -0.4 is 5.32 Å². The third-order valence-electron chi connectivity index (χ3n) is 2.69. The molecule has 5 heteroatoms. The van der Waals surface area contributed by atoms with E-state index < -0.39 is 6.10 Å². The number of hydrogen-bond acceptors (Lipinski definition) is 3. The van der Waals surface area contributed by atoms with Crippen molar-refractivity contribution in [3.8, 4) is 0 Å². The second-order valence-corrected chi connectivity index (χ2v) is 5.69. The molecule has 1 unspecified atom stereocenters. The van der Waals surface area contributed by atoms with Crippen LogP contribution in [0.4, 0.5) is 0 Å².